The van der Waals surface area contributed by atoms with E-state index in [2.05, 4.69) is 5.32 Å². The van der Waals surface area contributed by atoms with Crippen molar-refractivity contribution >= 4 is 11.6 Å². The molecule has 0 saturated carbocycles. The van der Waals surface area contributed by atoms with Crippen LogP contribution in [0.5, 0.6) is 17.2 Å². The number of carbonyl (C=O) groups is 1. The maximum atomic E-state index is 12.4. The number of benzene rings is 2. The van der Waals surface area contributed by atoms with E-state index in [1.165, 1.54) is 0 Å². The Morgan fingerprint density at radius 1 is 0.958 bits per heavy atom. The third kappa shape index (κ3) is 4.41. The number of ether oxygens (including phenoxy) is 3. The number of nitrogens with one attached hydrogen (secondary N) is 1. The van der Waals surface area contributed by atoms with Gasteiger partial charge in [0.25, 0.3) is 0 Å². The highest BCUT2D eigenvalue weighted by atomic mass is 16.5. The lowest BCUT2D eigenvalue weighted by Gasteiger charge is -2.15. The van der Waals surface area contributed by atoms with E-state index in [1.807, 2.05) is 31.2 Å². The molecule has 1 unspecified atom stereocenters. The molecule has 0 heterocycles. The van der Waals surface area contributed by atoms with Crippen molar-refractivity contribution in [3.8, 4) is 17.2 Å². The minimum atomic E-state index is -0.0788. The Balaban J connectivity index is 2.04. The SMILES string of the molecule is COc1ccc(C(C)CC(=O)Nc2cc(OC)ccc2OC)cc1. The molecule has 0 fully saturated rings. The van der Waals surface area contributed by atoms with Gasteiger partial charge >= 0.3 is 0 Å². The van der Waals surface area contributed by atoms with Gasteiger partial charge in [0.05, 0.1) is 27.0 Å². The van der Waals surface area contributed by atoms with E-state index in [4.69, 9.17) is 14.2 Å². The van der Waals surface area contributed by atoms with Gasteiger partial charge in [0.1, 0.15) is 17.2 Å². The first-order valence-electron chi connectivity index (χ1n) is 7.73. The molecule has 0 radical (unpaired) electrons. The second-order valence-electron chi connectivity index (χ2n) is 5.49. The Kier molecular flexibility index (Phi) is 6.07. The first kappa shape index (κ1) is 17.7. The van der Waals surface area contributed by atoms with E-state index in [0.717, 1.165) is 11.3 Å². The first-order valence-corrected chi connectivity index (χ1v) is 7.73. The van der Waals surface area contributed by atoms with Crippen LogP contribution in [0.1, 0.15) is 24.8 Å². The molecule has 0 bridgehead atoms. The normalized spacial score (nSPS) is 11.5. The van der Waals surface area contributed by atoms with E-state index in [1.54, 1.807) is 39.5 Å². The molecule has 2 aromatic rings. The lowest BCUT2D eigenvalue weighted by Crippen LogP contribution is -2.15. The predicted molar refractivity (Wildman–Crippen MR) is 94.2 cm³/mol. The van der Waals surface area contributed by atoms with Crippen LogP contribution in [0.4, 0.5) is 5.69 Å². The topological polar surface area (TPSA) is 56.8 Å². The van der Waals surface area contributed by atoms with Gasteiger partial charge in [-0.25, -0.2) is 0 Å². The second-order valence-corrected chi connectivity index (χ2v) is 5.49. The summed E-state index contributed by atoms with van der Waals surface area (Å²) in [7, 11) is 4.78. The van der Waals surface area contributed by atoms with Crippen molar-refractivity contribution in [1.29, 1.82) is 0 Å². The molecule has 5 heteroatoms. The Labute approximate surface area is 142 Å². The number of hydrogen-bond acceptors (Lipinski definition) is 4. The highest BCUT2D eigenvalue weighted by molar-refractivity contribution is 5.93. The summed E-state index contributed by atoms with van der Waals surface area (Å²) < 4.78 is 15.6. The molecule has 0 aliphatic heterocycles. The van der Waals surface area contributed by atoms with Crippen LogP contribution in [0.25, 0.3) is 0 Å². The molecule has 0 aromatic heterocycles. The highest BCUT2D eigenvalue weighted by Gasteiger charge is 2.14. The van der Waals surface area contributed by atoms with Crippen LogP contribution in [0.2, 0.25) is 0 Å². The van der Waals surface area contributed by atoms with Gasteiger partial charge in [0.2, 0.25) is 5.91 Å². The summed E-state index contributed by atoms with van der Waals surface area (Å²) in [6.45, 7) is 2.02. The fraction of sp³-hybridized carbons (Fsp3) is 0.316. The smallest absolute Gasteiger partial charge is 0.225 e. The van der Waals surface area contributed by atoms with Gasteiger partial charge in [0, 0.05) is 12.5 Å². The Morgan fingerprint density at radius 2 is 1.58 bits per heavy atom. The van der Waals surface area contributed by atoms with Crippen molar-refractivity contribution < 1.29 is 19.0 Å². The van der Waals surface area contributed by atoms with Crippen LogP contribution in [0, 0.1) is 0 Å². The summed E-state index contributed by atoms with van der Waals surface area (Å²) in [4.78, 5) is 12.4. The van der Waals surface area contributed by atoms with Crippen LogP contribution >= 0.6 is 0 Å². The fourth-order valence-corrected chi connectivity index (χ4v) is 2.44. The van der Waals surface area contributed by atoms with Crippen molar-refractivity contribution in [2.45, 2.75) is 19.3 Å². The van der Waals surface area contributed by atoms with Crippen molar-refractivity contribution in [1.82, 2.24) is 0 Å². The highest BCUT2D eigenvalue weighted by Crippen LogP contribution is 2.30. The minimum Gasteiger partial charge on any atom is -0.497 e. The molecule has 0 spiro atoms. The zero-order chi connectivity index (χ0) is 17.5. The van der Waals surface area contributed by atoms with Crippen LogP contribution < -0.4 is 19.5 Å². The average Bonchev–Trinajstić information content (AvgIpc) is 2.61. The number of anilines is 1. The summed E-state index contributed by atoms with van der Waals surface area (Å²) in [6.07, 6.45) is 0.368. The van der Waals surface area contributed by atoms with Crippen LogP contribution in [-0.4, -0.2) is 27.2 Å². The van der Waals surface area contributed by atoms with Crippen LogP contribution in [-0.2, 0) is 4.79 Å². The maximum absolute atomic E-state index is 12.4. The molecule has 2 rings (SSSR count). The van der Waals surface area contributed by atoms with Crippen molar-refractivity contribution in [2.75, 3.05) is 26.6 Å². The second kappa shape index (κ2) is 8.24. The zero-order valence-corrected chi connectivity index (χ0v) is 14.5. The monoisotopic (exact) mass is 329 g/mol. The average molecular weight is 329 g/mol. The largest absolute Gasteiger partial charge is 0.497 e. The molecule has 24 heavy (non-hydrogen) atoms. The number of rotatable bonds is 7. The summed E-state index contributed by atoms with van der Waals surface area (Å²) in [6, 6.07) is 13.0. The van der Waals surface area contributed by atoms with E-state index in [-0.39, 0.29) is 11.8 Å². The Bertz CT molecular complexity index is 682. The minimum absolute atomic E-state index is 0.0788. The number of hydrogen-bond donors (Lipinski definition) is 1. The molecule has 1 atom stereocenters. The van der Waals surface area contributed by atoms with E-state index >= 15 is 0 Å². The van der Waals surface area contributed by atoms with Crippen molar-refractivity contribution in [3.63, 3.8) is 0 Å². The standard InChI is InChI=1S/C19H23NO4/c1-13(14-5-7-15(22-2)8-6-14)11-19(21)20-17-12-16(23-3)9-10-18(17)24-4/h5-10,12-13H,11H2,1-4H3,(H,20,21). The number of methoxy groups -OCH3 is 3. The summed E-state index contributed by atoms with van der Waals surface area (Å²) in [5, 5.41) is 2.89. The van der Waals surface area contributed by atoms with Gasteiger partial charge in [-0.2, -0.15) is 0 Å². The molecular formula is C19H23NO4. The third-order valence-electron chi connectivity index (χ3n) is 3.86. The summed E-state index contributed by atoms with van der Waals surface area (Å²) in [5.41, 5.74) is 1.69. The predicted octanol–water partition coefficient (Wildman–Crippen LogP) is 3.84. The first-order chi connectivity index (χ1) is 11.6. The number of carbonyl (C=O) groups excluding carboxylic acids is 1. The fourth-order valence-electron chi connectivity index (χ4n) is 2.44. The Morgan fingerprint density at radius 3 is 2.17 bits per heavy atom. The van der Waals surface area contributed by atoms with Gasteiger partial charge in [-0.05, 0) is 35.7 Å². The van der Waals surface area contributed by atoms with E-state index in [0.29, 0.717) is 23.6 Å². The molecule has 1 amide bonds. The molecule has 0 saturated heterocycles. The zero-order valence-electron chi connectivity index (χ0n) is 14.5. The van der Waals surface area contributed by atoms with Crippen molar-refractivity contribution in [3.05, 3.63) is 48.0 Å². The lowest BCUT2D eigenvalue weighted by atomic mass is 9.97. The third-order valence-corrected chi connectivity index (χ3v) is 3.86. The summed E-state index contributed by atoms with van der Waals surface area (Å²) >= 11 is 0. The maximum Gasteiger partial charge on any atom is 0.225 e. The molecular weight excluding hydrogens is 306 g/mol. The Hall–Kier alpha value is -2.69. The van der Waals surface area contributed by atoms with E-state index in [9.17, 15) is 4.79 Å². The molecule has 0 aliphatic rings. The van der Waals surface area contributed by atoms with Gasteiger partial charge < -0.3 is 19.5 Å². The van der Waals surface area contributed by atoms with Gasteiger partial charge in [-0.15, -0.1) is 0 Å². The van der Waals surface area contributed by atoms with E-state index < -0.39 is 0 Å². The van der Waals surface area contributed by atoms with Gasteiger partial charge in [-0.3, -0.25) is 4.79 Å². The quantitative estimate of drug-likeness (QED) is 0.838. The van der Waals surface area contributed by atoms with Gasteiger partial charge in [0.15, 0.2) is 0 Å². The van der Waals surface area contributed by atoms with Gasteiger partial charge in [-0.1, -0.05) is 19.1 Å². The molecule has 1 N–H and O–H groups in total. The van der Waals surface area contributed by atoms with Crippen molar-refractivity contribution in [2.24, 2.45) is 0 Å². The van der Waals surface area contributed by atoms with Crippen LogP contribution in [0.3, 0.4) is 0 Å². The van der Waals surface area contributed by atoms with Crippen LogP contribution in [0.15, 0.2) is 42.5 Å². The molecule has 0 aliphatic carbocycles. The lowest BCUT2D eigenvalue weighted by molar-refractivity contribution is -0.116. The molecule has 128 valence electrons. The molecule has 5 nitrogen and oxygen atoms in total. The number of amides is 1. The summed E-state index contributed by atoms with van der Waals surface area (Å²) in [5.74, 6) is 2.07. The molecule has 2 aromatic carbocycles.